The summed E-state index contributed by atoms with van der Waals surface area (Å²) in [6.07, 6.45) is 8.61. The smallest absolute Gasteiger partial charge is 0.313 e. The Morgan fingerprint density at radius 2 is 2.06 bits per heavy atom. The summed E-state index contributed by atoms with van der Waals surface area (Å²) in [4.78, 5) is 15.1. The van der Waals surface area contributed by atoms with Crippen molar-refractivity contribution < 1.29 is 9.53 Å². The molecule has 3 heteroatoms. The fraction of sp³-hybridized carbons (Fsp3) is 0.933. The SMILES string of the molecule is CCOC(=O)[C@@]12CCC[C@H]3CCCCN(CC1)[C@@H]32. The molecular formula is C15H25NO2. The van der Waals surface area contributed by atoms with Crippen LogP contribution in [0.15, 0.2) is 0 Å². The van der Waals surface area contributed by atoms with Gasteiger partial charge in [-0.25, -0.2) is 0 Å². The van der Waals surface area contributed by atoms with Crippen LogP contribution in [0.1, 0.15) is 51.9 Å². The van der Waals surface area contributed by atoms with Crippen LogP contribution >= 0.6 is 0 Å². The van der Waals surface area contributed by atoms with Crippen molar-refractivity contribution in [1.29, 1.82) is 0 Å². The number of hydrogen-bond donors (Lipinski definition) is 0. The van der Waals surface area contributed by atoms with Crippen LogP contribution in [0.25, 0.3) is 0 Å². The monoisotopic (exact) mass is 251 g/mol. The highest BCUT2D eigenvalue weighted by Crippen LogP contribution is 2.52. The molecule has 0 spiro atoms. The fourth-order valence-electron chi connectivity index (χ4n) is 4.71. The van der Waals surface area contributed by atoms with Gasteiger partial charge >= 0.3 is 5.97 Å². The van der Waals surface area contributed by atoms with Crippen LogP contribution in [0, 0.1) is 11.3 Å². The van der Waals surface area contributed by atoms with Gasteiger partial charge in [-0.2, -0.15) is 0 Å². The molecule has 3 atom stereocenters. The second-order valence-electron chi connectivity index (χ2n) is 6.26. The van der Waals surface area contributed by atoms with Crippen LogP contribution in [0.3, 0.4) is 0 Å². The van der Waals surface area contributed by atoms with E-state index in [-0.39, 0.29) is 11.4 Å². The van der Waals surface area contributed by atoms with Crippen LogP contribution in [-0.4, -0.2) is 36.6 Å². The summed E-state index contributed by atoms with van der Waals surface area (Å²) in [6, 6.07) is 0.493. The molecule has 1 saturated carbocycles. The molecule has 102 valence electrons. The molecule has 0 N–H and O–H groups in total. The largest absolute Gasteiger partial charge is 0.466 e. The Balaban J connectivity index is 1.90. The minimum absolute atomic E-state index is 0.101. The Morgan fingerprint density at radius 1 is 1.22 bits per heavy atom. The number of ether oxygens (including phenoxy) is 1. The molecule has 0 unspecified atom stereocenters. The molecular weight excluding hydrogens is 226 g/mol. The Morgan fingerprint density at radius 3 is 2.89 bits per heavy atom. The molecule has 3 rings (SSSR count). The third-order valence-electron chi connectivity index (χ3n) is 5.40. The maximum Gasteiger partial charge on any atom is 0.313 e. The number of carbonyl (C=O) groups is 1. The highest BCUT2D eigenvalue weighted by molar-refractivity contribution is 5.78. The highest BCUT2D eigenvalue weighted by atomic mass is 16.5. The van der Waals surface area contributed by atoms with Gasteiger partial charge in [0.15, 0.2) is 0 Å². The van der Waals surface area contributed by atoms with Gasteiger partial charge in [0.25, 0.3) is 0 Å². The number of carbonyl (C=O) groups excluding carboxylic acids is 1. The standard InChI is InChI=1S/C15H25NO2/c1-2-18-14(17)15-8-5-7-12-6-3-4-10-16(11-9-15)13(12)15/h12-13H,2-11H2,1H3/t12-,13+,15+/m1/s1. The van der Waals surface area contributed by atoms with E-state index in [0.29, 0.717) is 12.6 Å². The van der Waals surface area contributed by atoms with Gasteiger partial charge in [-0.15, -0.1) is 0 Å². The second-order valence-corrected chi connectivity index (χ2v) is 6.26. The maximum absolute atomic E-state index is 12.5. The van der Waals surface area contributed by atoms with Crippen molar-refractivity contribution in [3.8, 4) is 0 Å². The molecule has 0 amide bonds. The molecule has 0 aromatic heterocycles. The topological polar surface area (TPSA) is 29.5 Å². The summed E-state index contributed by atoms with van der Waals surface area (Å²) < 4.78 is 5.43. The third kappa shape index (κ3) is 1.78. The first-order chi connectivity index (χ1) is 8.78. The van der Waals surface area contributed by atoms with Crippen molar-refractivity contribution in [2.75, 3.05) is 19.7 Å². The summed E-state index contributed by atoms with van der Waals surface area (Å²) in [5.41, 5.74) is -0.150. The average Bonchev–Trinajstić information content (AvgIpc) is 2.62. The Hall–Kier alpha value is -0.570. The predicted molar refractivity (Wildman–Crippen MR) is 70.2 cm³/mol. The van der Waals surface area contributed by atoms with E-state index >= 15 is 0 Å². The van der Waals surface area contributed by atoms with Gasteiger partial charge in [0, 0.05) is 6.04 Å². The second kappa shape index (κ2) is 4.84. The maximum atomic E-state index is 12.5. The molecule has 2 saturated heterocycles. The van der Waals surface area contributed by atoms with Crippen molar-refractivity contribution in [1.82, 2.24) is 4.90 Å². The average molecular weight is 251 g/mol. The van der Waals surface area contributed by atoms with Gasteiger partial charge in [0.1, 0.15) is 0 Å². The van der Waals surface area contributed by atoms with Crippen molar-refractivity contribution >= 4 is 5.97 Å². The van der Waals surface area contributed by atoms with Gasteiger partial charge < -0.3 is 4.74 Å². The zero-order valence-corrected chi connectivity index (χ0v) is 11.5. The van der Waals surface area contributed by atoms with Gasteiger partial charge in [-0.05, 0) is 58.0 Å². The summed E-state index contributed by atoms with van der Waals surface area (Å²) in [6.45, 7) is 4.76. The zero-order valence-electron chi connectivity index (χ0n) is 11.5. The van der Waals surface area contributed by atoms with E-state index < -0.39 is 0 Å². The highest BCUT2D eigenvalue weighted by Gasteiger charge is 2.57. The quantitative estimate of drug-likeness (QED) is 0.707. The van der Waals surface area contributed by atoms with Crippen LogP contribution < -0.4 is 0 Å². The number of rotatable bonds is 2. The van der Waals surface area contributed by atoms with Crippen molar-refractivity contribution in [3.05, 3.63) is 0 Å². The van der Waals surface area contributed by atoms with E-state index in [1.807, 2.05) is 6.92 Å². The lowest BCUT2D eigenvalue weighted by atomic mass is 9.65. The van der Waals surface area contributed by atoms with E-state index in [9.17, 15) is 4.79 Å². The predicted octanol–water partition coefficient (Wildman–Crippen LogP) is 2.59. The summed E-state index contributed by atoms with van der Waals surface area (Å²) in [7, 11) is 0. The number of nitrogens with zero attached hydrogens (tertiary/aromatic N) is 1. The molecule has 3 aliphatic rings. The molecule has 0 radical (unpaired) electrons. The van der Waals surface area contributed by atoms with Crippen LogP contribution in [0.5, 0.6) is 0 Å². The molecule has 0 bridgehead atoms. The molecule has 2 heterocycles. The molecule has 0 aromatic carbocycles. The lowest BCUT2D eigenvalue weighted by molar-refractivity contribution is -0.160. The molecule has 1 aliphatic carbocycles. The summed E-state index contributed by atoms with van der Waals surface area (Å²) in [5, 5.41) is 0. The summed E-state index contributed by atoms with van der Waals surface area (Å²) >= 11 is 0. The van der Waals surface area contributed by atoms with E-state index in [4.69, 9.17) is 4.74 Å². The molecule has 18 heavy (non-hydrogen) atoms. The van der Waals surface area contributed by atoms with E-state index in [0.717, 1.165) is 25.3 Å². The minimum Gasteiger partial charge on any atom is -0.466 e. The minimum atomic E-state index is -0.150. The third-order valence-corrected chi connectivity index (χ3v) is 5.40. The van der Waals surface area contributed by atoms with Gasteiger partial charge in [-0.3, -0.25) is 9.69 Å². The first-order valence-corrected chi connectivity index (χ1v) is 7.69. The number of hydrogen-bond acceptors (Lipinski definition) is 3. The Bertz CT molecular complexity index is 330. The van der Waals surface area contributed by atoms with E-state index in [1.54, 1.807) is 0 Å². The molecule has 0 aromatic rings. The van der Waals surface area contributed by atoms with Crippen LogP contribution in [0.2, 0.25) is 0 Å². The molecule has 3 fully saturated rings. The molecule has 3 nitrogen and oxygen atoms in total. The molecule has 2 aliphatic heterocycles. The zero-order chi connectivity index (χ0) is 12.6. The van der Waals surface area contributed by atoms with E-state index in [2.05, 4.69) is 4.90 Å². The normalized spacial score (nSPS) is 40.1. The Labute approximate surface area is 110 Å². The first kappa shape index (κ1) is 12.5. The summed E-state index contributed by atoms with van der Waals surface area (Å²) in [5.74, 6) is 0.845. The fourth-order valence-corrected chi connectivity index (χ4v) is 4.71. The van der Waals surface area contributed by atoms with Gasteiger partial charge in [0.05, 0.1) is 12.0 Å². The van der Waals surface area contributed by atoms with E-state index in [1.165, 1.54) is 38.6 Å². The van der Waals surface area contributed by atoms with Crippen LogP contribution in [0.4, 0.5) is 0 Å². The number of esters is 1. The Kier molecular flexibility index (Phi) is 3.35. The van der Waals surface area contributed by atoms with Gasteiger partial charge in [0.2, 0.25) is 0 Å². The van der Waals surface area contributed by atoms with Crippen molar-refractivity contribution in [2.45, 2.75) is 57.9 Å². The first-order valence-electron chi connectivity index (χ1n) is 7.69. The lowest BCUT2D eigenvalue weighted by Gasteiger charge is -2.44. The van der Waals surface area contributed by atoms with Crippen molar-refractivity contribution in [3.63, 3.8) is 0 Å². The van der Waals surface area contributed by atoms with Crippen LogP contribution in [-0.2, 0) is 9.53 Å². The van der Waals surface area contributed by atoms with Gasteiger partial charge in [-0.1, -0.05) is 12.8 Å². The lowest BCUT2D eigenvalue weighted by Crippen LogP contribution is -2.51. The van der Waals surface area contributed by atoms with Crippen molar-refractivity contribution in [2.24, 2.45) is 11.3 Å².